The largest absolute Gasteiger partial charge is 0.369 e. The van der Waals surface area contributed by atoms with Gasteiger partial charge in [-0.3, -0.25) is 4.79 Å². The molecule has 0 aromatic heterocycles. The van der Waals surface area contributed by atoms with E-state index in [4.69, 9.17) is 22.1 Å². The van der Waals surface area contributed by atoms with Crippen molar-refractivity contribution in [3.63, 3.8) is 0 Å². The van der Waals surface area contributed by atoms with Crippen LogP contribution in [0.1, 0.15) is 18.6 Å². The van der Waals surface area contributed by atoms with Crippen molar-refractivity contribution in [1.29, 1.82) is 0 Å². The monoisotopic (exact) mass is 268 g/mol. The van der Waals surface area contributed by atoms with Crippen molar-refractivity contribution >= 4 is 17.5 Å². The summed E-state index contributed by atoms with van der Waals surface area (Å²) in [6.45, 7) is 2.98. The van der Waals surface area contributed by atoms with Crippen LogP contribution in [0.4, 0.5) is 0 Å². The first-order valence-corrected chi connectivity index (χ1v) is 6.37. The molecule has 1 aliphatic heterocycles. The first kappa shape index (κ1) is 13.3. The lowest BCUT2D eigenvalue weighted by atomic mass is 10.1. The predicted molar refractivity (Wildman–Crippen MR) is 70.4 cm³/mol. The molecule has 0 saturated carbocycles. The number of nitrogens with two attached hydrogens (primary N) is 1. The van der Waals surface area contributed by atoms with E-state index in [2.05, 4.69) is 0 Å². The first-order valence-electron chi connectivity index (χ1n) is 5.99. The number of rotatable bonds is 2. The lowest BCUT2D eigenvalue weighted by Gasteiger charge is -2.38. The normalized spacial score (nSPS) is 24.1. The molecule has 0 spiro atoms. The molecular weight excluding hydrogens is 252 g/mol. The summed E-state index contributed by atoms with van der Waals surface area (Å²) in [7, 11) is 0. The minimum absolute atomic E-state index is 0.0274. The van der Waals surface area contributed by atoms with E-state index in [-0.39, 0.29) is 24.6 Å². The first-order chi connectivity index (χ1) is 8.63. The molecule has 1 aromatic rings. The molecule has 1 amide bonds. The average molecular weight is 269 g/mol. The smallest absolute Gasteiger partial charge is 0.236 e. The molecule has 98 valence electrons. The standard InChI is InChI=1S/C13H17ClN2O2/c1-9-8-18-12(7-16(9)13(17)6-15)10-4-2-3-5-11(10)14/h2-5,9,12H,6-8,15H2,1H3/t9-,12+/m0/s1. The van der Waals surface area contributed by atoms with Gasteiger partial charge in [0.15, 0.2) is 0 Å². The molecule has 5 heteroatoms. The zero-order chi connectivity index (χ0) is 13.1. The van der Waals surface area contributed by atoms with Crippen molar-refractivity contribution in [3.05, 3.63) is 34.9 Å². The molecule has 1 heterocycles. The number of amides is 1. The Morgan fingerprint density at radius 1 is 1.56 bits per heavy atom. The van der Waals surface area contributed by atoms with Crippen molar-refractivity contribution in [3.8, 4) is 0 Å². The Morgan fingerprint density at radius 2 is 2.28 bits per heavy atom. The molecule has 0 unspecified atom stereocenters. The van der Waals surface area contributed by atoms with Crippen molar-refractivity contribution in [2.75, 3.05) is 19.7 Å². The number of carbonyl (C=O) groups is 1. The van der Waals surface area contributed by atoms with Gasteiger partial charge >= 0.3 is 0 Å². The van der Waals surface area contributed by atoms with E-state index in [0.717, 1.165) is 5.56 Å². The topological polar surface area (TPSA) is 55.6 Å². The molecular formula is C13H17ClN2O2. The predicted octanol–water partition coefficient (Wildman–Crippen LogP) is 1.59. The molecule has 0 aliphatic carbocycles. The van der Waals surface area contributed by atoms with Crippen LogP contribution in [0, 0.1) is 0 Å². The number of hydrogen-bond donors (Lipinski definition) is 1. The fourth-order valence-electron chi connectivity index (χ4n) is 2.15. The Hall–Kier alpha value is -1.10. The van der Waals surface area contributed by atoms with Gasteiger partial charge in [-0.05, 0) is 13.0 Å². The fourth-order valence-corrected chi connectivity index (χ4v) is 2.40. The zero-order valence-corrected chi connectivity index (χ0v) is 11.1. The van der Waals surface area contributed by atoms with Gasteiger partial charge in [-0.2, -0.15) is 0 Å². The Morgan fingerprint density at radius 3 is 2.94 bits per heavy atom. The van der Waals surface area contributed by atoms with Gasteiger partial charge in [0.1, 0.15) is 6.10 Å². The lowest BCUT2D eigenvalue weighted by Crippen LogP contribution is -2.50. The van der Waals surface area contributed by atoms with Crippen LogP contribution in [-0.2, 0) is 9.53 Å². The molecule has 4 nitrogen and oxygen atoms in total. The number of hydrogen-bond acceptors (Lipinski definition) is 3. The molecule has 18 heavy (non-hydrogen) atoms. The van der Waals surface area contributed by atoms with Crippen molar-refractivity contribution < 1.29 is 9.53 Å². The third-order valence-electron chi connectivity index (χ3n) is 3.18. The molecule has 2 atom stereocenters. The molecule has 2 N–H and O–H groups in total. The van der Waals surface area contributed by atoms with E-state index in [0.29, 0.717) is 18.2 Å². The third kappa shape index (κ3) is 2.66. The van der Waals surface area contributed by atoms with Crippen LogP contribution in [0.15, 0.2) is 24.3 Å². The van der Waals surface area contributed by atoms with Gasteiger partial charge in [0.25, 0.3) is 0 Å². The average Bonchev–Trinajstić information content (AvgIpc) is 2.39. The summed E-state index contributed by atoms with van der Waals surface area (Å²) in [6, 6.07) is 7.60. The van der Waals surface area contributed by atoms with Gasteiger partial charge < -0.3 is 15.4 Å². The van der Waals surface area contributed by atoms with E-state index in [1.54, 1.807) is 4.90 Å². The molecule has 1 saturated heterocycles. The van der Waals surface area contributed by atoms with E-state index in [1.807, 2.05) is 31.2 Å². The number of nitrogens with zero attached hydrogens (tertiary/aromatic N) is 1. The summed E-state index contributed by atoms with van der Waals surface area (Å²) < 4.78 is 5.76. The van der Waals surface area contributed by atoms with E-state index < -0.39 is 0 Å². The van der Waals surface area contributed by atoms with Crippen LogP contribution in [0.25, 0.3) is 0 Å². The van der Waals surface area contributed by atoms with Crippen molar-refractivity contribution in [2.24, 2.45) is 5.73 Å². The van der Waals surface area contributed by atoms with Crippen molar-refractivity contribution in [2.45, 2.75) is 19.1 Å². The summed E-state index contributed by atoms with van der Waals surface area (Å²) in [5.41, 5.74) is 6.34. The number of halogens is 1. The number of carbonyl (C=O) groups excluding carboxylic acids is 1. The Bertz CT molecular complexity index is 439. The lowest BCUT2D eigenvalue weighted by molar-refractivity contribution is -0.142. The number of benzene rings is 1. The minimum atomic E-state index is -0.176. The molecule has 0 bridgehead atoms. The van der Waals surface area contributed by atoms with Crippen LogP contribution >= 0.6 is 11.6 Å². The molecule has 0 radical (unpaired) electrons. The highest BCUT2D eigenvalue weighted by Gasteiger charge is 2.30. The SMILES string of the molecule is C[C@H]1CO[C@@H](c2ccccc2Cl)CN1C(=O)CN. The van der Waals surface area contributed by atoms with Crippen molar-refractivity contribution in [1.82, 2.24) is 4.90 Å². The van der Waals surface area contributed by atoms with Crippen LogP contribution in [0.3, 0.4) is 0 Å². The number of ether oxygens (including phenoxy) is 1. The maximum Gasteiger partial charge on any atom is 0.236 e. The Kier molecular flexibility index (Phi) is 4.22. The van der Waals surface area contributed by atoms with Crippen LogP contribution in [0.2, 0.25) is 5.02 Å². The van der Waals surface area contributed by atoms with E-state index in [9.17, 15) is 4.79 Å². The summed E-state index contributed by atoms with van der Waals surface area (Å²) in [5.74, 6) is -0.0529. The second-order valence-electron chi connectivity index (χ2n) is 4.44. The number of morpholine rings is 1. The molecule has 1 fully saturated rings. The summed E-state index contributed by atoms with van der Waals surface area (Å²) in [4.78, 5) is 13.5. The summed E-state index contributed by atoms with van der Waals surface area (Å²) in [6.07, 6.45) is -0.176. The Labute approximate surface area is 112 Å². The van der Waals surface area contributed by atoms with Gasteiger partial charge in [-0.15, -0.1) is 0 Å². The van der Waals surface area contributed by atoms with Gasteiger partial charge in [0.05, 0.1) is 25.7 Å². The van der Waals surface area contributed by atoms with Crippen LogP contribution in [0.5, 0.6) is 0 Å². The van der Waals surface area contributed by atoms with Crippen LogP contribution in [-0.4, -0.2) is 36.5 Å². The van der Waals surface area contributed by atoms with Gasteiger partial charge in [-0.25, -0.2) is 0 Å². The highest BCUT2D eigenvalue weighted by atomic mass is 35.5. The molecule has 1 aromatic carbocycles. The second-order valence-corrected chi connectivity index (χ2v) is 4.85. The fraction of sp³-hybridized carbons (Fsp3) is 0.462. The molecule has 1 aliphatic rings. The highest BCUT2D eigenvalue weighted by molar-refractivity contribution is 6.31. The highest BCUT2D eigenvalue weighted by Crippen LogP contribution is 2.29. The second kappa shape index (κ2) is 5.69. The Balaban J connectivity index is 2.17. The van der Waals surface area contributed by atoms with E-state index >= 15 is 0 Å². The van der Waals surface area contributed by atoms with Gasteiger partial charge in [0.2, 0.25) is 5.91 Å². The minimum Gasteiger partial charge on any atom is -0.369 e. The summed E-state index contributed by atoms with van der Waals surface area (Å²) >= 11 is 6.15. The maximum atomic E-state index is 11.8. The zero-order valence-electron chi connectivity index (χ0n) is 10.3. The van der Waals surface area contributed by atoms with Crippen LogP contribution < -0.4 is 5.73 Å². The van der Waals surface area contributed by atoms with Gasteiger partial charge in [-0.1, -0.05) is 29.8 Å². The third-order valence-corrected chi connectivity index (χ3v) is 3.52. The summed E-state index contributed by atoms with van der Waals surface area (Å²) in [5, 5.41) is 0.664. The maximum absolute atomic E-state index is 11.8. The molecule has 2 rings (SSSR count). The quantitative estimate of drug-likeness (QED) is 0.886. The van der Waals surface area contributed by atoms with E-state index in [1.165, 1.54) is 0 Å². The van der Waals surface area contributed by atoms with Gasteiger partial charge in [0, 0.05) is 10.6 Å².